The number of benzene rings is 2. The number of ether oxygens (including phenoxy) is 3. The second-order valence-electron chi connectivity index (χ2n) is 10.3. The van der Waals surface area contributed by atoms with Crippen LogP contribution in [0.3, 0.4) is 0 Å². The standard InChI is InChI=1S/C29H34N2O5/c1-29(2,28(33)35-4)30-27(32)19-10-12-21-23(16-19)31-14-15-36-24-17-20(34-3)11-13-22(24)26(31)25(21)18-8-6-5-7-9-18/h10-13,16-18H,5-9,14-15H2,1-4H3,(H,30,32). The van der Waals surface area contributed by atoms with Crippen molar-refractivity contribution in [2.24, 2.45) is 0 Å². The molecular weight excluding hydrogens is 456 g/mol. The van der Waals surface area contributed by atoms with Gasteiger partial charge < -0.3 is 24.1 Å². The molecule has 0 unspecified atom stereocenters. The third-order valence-electron chi connectivity index (χ3n) is 7.52. The zero-order chi connectivity index (χ0) is 25.4. The predicted molar refractivity (Wildman–Crippen MR) is 139 cm³/mol. The predicted octanol–water partition coefficient (Wildman–Crippen LogP) is 5.44. The van der Waals surface area contributed by atoms with Gasteiger partial charge in [-0.3, -0.25) is 4.79 Å². The Kier molecular flexibility index (Phi) is 6.41. The van der Waals surface area contributed by atoms with Crippen LogP contribution in [-0.2, 0) is 16.1 Å². The molecular formula is C29H34N2O5. The fraction of sp³-hybridized carbons (Fsp3) is 0.448. The van der Waals surface area contributed by atoms with Crippen LogP contribution in [0.15, 0.2) is 36.4 Å². The first-order valence-electron chi connectivity index (χ1n) is 12.7. The molecule has 1 aliphatic carbocycles. The molecule has 1 fully saturated rings. The van der Waals surface area contributed by atoms with Crippen molar-refractivity contribution in [3.63, 3.8) is 0 Å². The summed E-state index contributed by atoms with van der Waals surface area (Å²) in [7, 11) is 2.98. The number of esters is 1. The SMILES string of the molecule is COC(=O)C(C)(C)NC(=O)c1ccc2c(C3CCCCC3)c3n(c2c1)CCOc1cc(OC)ccc1-3. The Morgan fingerprint density at radius 2 is 1.83 bits per heavy atom. The molecule has 2 heterocycles. The van der Waals surface area contributed by atoms with Gasteiger partial charge >= 0.3 is 5.97 Å². The van der Waals surface area contributed by atoms with Crippen LogP contribution in [0.5, 0.6) is 11.5 Å². The summed E-state index contributed by atoms with van der Waals surface area (Å²) in [6.07, 6.45) is 6.06. The van der Waals surface area contributed by atoms with Crippen molar-refractivity contribution in [1.29, 1.82) is 0 Å². The average molecular weight is 491 g/mol. The second-order valence-corrected chi connectivity index (χ2v) is 10.3. The van der Waals surface area contributed by atoms with E-state index in [0.29, 0.717) is 24.6 Å². The molecule has 1 aliphatic heterocycles. The van der Waals surface area contributed by atoms with Crippen LogP contribution in [0.25, 0.3) is 22.2 Å². The van der Waals surface area contributed by atoms with E-state index in [2.05, 4.69) is 22.0 Å². The number of carbonyl (C=O) groups excluding carboxylic acids is 2. The highest BCUT2D eigenvalue weighted by molar-refractivity contribution is 6.02. The van der Waals surface area contributed by atoms with Crippen LogP contribution in [0, 0.1) is 0 Å². The van der Waals surface area contributed by atoms with Gasteiger partial charge in [0.1, 0.15) is 23.6 Å². The Morgan fingerprint density at radius 3 is 2.56 bits per heavy atom. The van der Waals surface area contributed by atoms with Crippen LogP contribution in [-0.4, -0.2) is 42.8 Å². The maximum atomic E-state index is 13.2. The first-order chi connectivity index (χ1) is 17.3. The first-order valence-corrected chi connectivity index (χ1v) is 12.7. The third-order valence-corrected chi connectivity index (χ3v) is 7.52. The van der Waals surface area contributed by atoms with E-state index in [-0.39, 0.29) is 5.91 Å². The van der Waals surface area contributed by atoms with E-state index in [1.54, 1.807) is 21.0 Å². The number of nitrogens with one attached hydrogen (secondary N) is 1. The van der Waals surface area contributed by atoms with Crippen molar-refractivity contribution in [1.82, 2.24) is 9.88 Å². The number of rotatable bonds is 5. The number of aromatic nitrogens is 1. The van der Waals surface area contributed by atoms with Gasteiger partial charge in [-0.25, -0.2) is 4.79 Å². The van der Waals surface area contributed by atoms with Crippen LogP contribution < -0.4 is 14.8 Å². The Hall–Kier alpha value is -3.48. The number of fused-ring (bicyclic) bond motifs is 5. The molecule has 2 aliphatic rings. The number of methoxy groups -OCH3 is 2. The number of hydrogen-bond donors (Lipinski definition) is 1. The number of carbonyl (C=O) groups is 2. The molecule has 1 N–H and O–H groups in total. The molecule has 1 amide bonds. The molecule has 190 valence electrons. The minimum absolute atomic E-state index is 0.308. The molecule has 0 bridgehead atoms. The molecule has 1 aromatic heterocycles. The van der Waals surface area contributed by atoms with Crippen LogP contribution >= 0.6 is 0 Å². The number of nitrogens with zero attached hydrogens (tertiary/aromatic N) is 1. The Labute approximate surface area is 211 Å². The monoisotopic (exact) mass is 490 g/mol. The summed E-state index contributed by atoms with van der Waals surface area (Å²) >= 11 is 0. The van der Waals surface area contributed by atoms with Crippen LogP contribution in [0.4, 0.5) is 0 Å². The largest absolute Gasteiger partial charge is 0.497 e. The topological polar surface area (TPSA) is 78.8 Å². The molecule has 2 aromatic carbocycles. The van der Waals surface area contributed by atoms with Crippen LogP contribution in [0.2, 0.25) is 0 Å². The van der Waals surface area contributed by atoms with E-state index in [1.807, 2.05) is 24.3 Å². The summed E-state index contributed by atoms with van der Waals surface area (Å²) < 4.78 is 18.8. The van der Waals surface area contributed by atoms with E-state index in [1.165, 1.54) is 43.0 Å². The lowest BCUT2D eigenvalue weighted by atomic mass is 9.81. The average Bonchev–Trinajstić information content (AvgIpc) is 3.09. The molecule has 36 heavy (non-hydrogen) atoms. The lowest BCUT2D eigenvalue weighted by Crippen LogP contribution is -2.50. The van der Waals surface area contributed by atoms with Gasteiger partial charge in [-0.1, -0.05) is 25.3 Å². The van der Waals surface area contributed by atoms with Gasteiger partial charge in [-0.15, -0.1) is 0 Å². The minimum Gasteiger partial charge on any atom is -0.497 e. The van der Waals surface area contributed by atoms with Gasteiger partial charge in [-0.2, -0.15) is 0 Å². The molecule has 5 rings (SSSR count). The lowest BCUT2D eigenvalue weighted by molar-refractivity contribution is -0.146. The smallest absolute Gasteiger partial charge is 0.330 e. The summed E-state index contributed by atoms with van der Waals surface area (Å²) in [5.74, 6) is 1.26. The van der Waals surface area contributed by atoms with Gasteiger partial charge in [0, 0.05) is 28.1 Å². The second kappa shape index (κ2) is 9.52. The summed E-state index contributed by atoms with van der Waals surface area (Å²) in [4.78, 5) is 25.3. The lowest BCUT2D eigenvalue weighted by Gasteiger charge is -2.24. The van der Waals surface area contributed by atoms with Crippen molar-refractivity contribution in [2.45, 2.75) is 64.0 Å². The van der Waals surface area contributed by atoms with E-state index in [0.717, 1.165) is 35.4 Å². The molecule has 0 spiro atoms. The molecule has 0 radical (unpaired) electrons. The highest BCUT2D eigenvalue weighted by Gasteiger charge is 2.32. The summed E-state index contributed by atoms with van der Waals surface area (Å²) in [6, 6.07) is 11.9. The summed E-state index contributed by atoms with van der Waals surface area (Å²) in [5, 5.41) is 4.00. The van der Waals surface area contributed by atoms with Crippen molar-refractivity contribution in [2.75, 3.05) is 20.8 Å². The minimum atomic E-state index is -1.13. The number of hydrogen-bond acceptors (Lipinski definition) is 5. The maximum Gasteiger partial charge on any atom is 0.330 e. The quantitative estimate of drug-likeness (QED) is 0.482. The zero-order valence-corrected chi connectivity index (χ0v) is 21.5. The normalized spacial score (nSPS) is 15.9. The van der Waals surface area contributed by atoms with Crippen molar-refractivity contribution in [3.8, 4) is 22.8 Å². The molecule has 0 atom stereocenters. The summed E-state index contributed by atoms with van der Waals surface area (Å²) in [5.41, 5.74) is 3.98. The molecule has 0 saturated heterocycles. The highest BCUT2D eigenvalue weighted by Crippen LogP contribution is 2.47. The van der Waals surface area contributed by atoms with Crippen molar-refractivity contribution in [3.05, 3.63) is 47.5 Å². The zero-order valence-electron chi connectivity index (χ0n) is 21.5. The maximum absolute atomic E-state index is 13.2. The number of amides is 1. The van der Waals surface area contributed by atoms with Gasteiger partial charge in [0.2, 0.25) is 0 Å². The van der Waals surface area contributed by atoms with E-state index < -0.39 is 11.5 Å². The molecule has 1 saturated carbocycles. The molecule has 7 heteroatoms. The van der Waals surface area contributed by atoms with E-state index in [9.17, 15) is 9.59 Å². The van der Waals surface area contributed by atoms with Crippen molar-refractivity contribution < 1.29 is 23.8 Å². The van der Waals surface area contributed by atoms with Crippen molar-refractivity contribution >= 4 is 22.8 Å². The summed E-state index contributed by atoms with van der Waals surface area (Å²) in [6.45, 7) is 4.48. The Bertz CT molecular complexity index is 1320. The highest BCUT2D eigenvalue weighted by atomic mass is 16.5. The molecule has 3 aromatic rings. The van der Waals surface area contributed by atoms with Gasteiger partial charge in [-0.05, 0) is 62.4 Å². The van der Waals surface area contributed by atoms with Crippen LogP contribution in [0.1, 0.15) is 67.8 Å². The Balaban J connectivity index is 1.66. The first kappa shape index (κ1) is 24.2. The Morgan fingerprint density at radius 1 is 1.06 bits per heavy atom. The third kappa shape index (κ3) is 4.21. The fourth-order valence-corrected chi connectivity index (χ4v) is 5.70. The van der Waals surface area contributed by atoms with E-state index in [4.69, 9.17) is 14.2 Å². The molecule has 7 nitrogen and oxygen atoms in total. The van der Waals surface area contributed by atoms with Gasteiger partial charge in [0.15, 0.2) is 0 Å². The fourth-order valence-electron chi connectivity index (χ4n) is 5.70. The van der Waals surface area contributed by atoms with E-state index >= 15 is 0 Å². The van der Waals surface area contributed by atoms with Gasteiger partial charge in [0.05, 0.1) is 26.5 Å². The van der Waals surface area contributed by atoms with Gasteiger partial charge in [0.25, 0.3) is 5.91 Å².